The van der Waals surface area contributed by atoms with Gasteiger partial charge in [-0.05, 0) is 36.5 Å². The summed E-state index contributed by atoms with van der Waals surface area (Å²) in [5.74, 6) is 0. The molecule has 2 aromatic carbocycles. The molecule has 0 radical (unpaired) electrons. The Morgan fingerprint density at radius 2 is 1.77 bits per heavy atom. The van der Waals surface area contributed by atoms with E-state index in [1.54, 1.807) is 17.0 Å². The normalized spacial score (nSPS) is 14.0. The summed E-state index contributed by atoms with van der Waals surface area (Å²) in [7, 11) is 0. The summed E-state index contributed by atoms with van der Waals surface area (Å²) in [5.41, 5.74) is 5.70. The number of fused-ring (bicyclic) bond motifs is 2. The van der Waals surface area contributed by atoms with Crippen molar-refractivity contribution in [1.29, 1.82) is 0 Å². The zero-order chi connectivity index (χ0) is 15.7. The second-order valence-electron chi connectivity index (χ2n) is 4.76. The highest BCUT2D eigenvalue weighted by molar-refractivity contribution is 7.99. The van der Waals surface area contributed by atoms with Gasteiger partial charge in [-0.2, -0.15) is 13.2 Å². The van der Waals surface area contributed by atoms with Gasteiger partial charge in [-0.25, -0.2) is 0 Å². The second-order valence-corrected chi connectivity index (χ2v) is 5.84. The van der Waals surface area contributed by atoms with Crippen LogP contribution in [0.3, 0.4) is 0 Å². The number of nitrogens with two attached hydrogens (primary N) is 1. The summed E-state index contributed by atoms with van der Waals surface area (Å²) < 4.78 is 40.1. The largest absolute Gasteiger partial charge is 0.418 e. The Kier molecular flexibility index (Phi) is 3.78. The molecule has 0 atom stereocenters. The van der Waals surface area contributed by atoms with Crippen LogP contribution >= 0.6 is 11.8 Å². The van der Waals surface area contributed by atoms with E-state index in [9.17, 15) is 13.2 Å². The highest BCUT2D eigenvalue weighted by Crippen LogP contribution is 2.52. The predicted molar refractivity (Wildman–Crippen MR) is 82.3 cm³/mol. The van der Waals surface area contributed by atoms with E-state index in [2.05, 4.69) is 0 Å². The molecule has 0 spiro atoms. The second kappa shape index (κ2) is 5.61. The van der Waals surface area contributed by atoms with Crippen LogP contribution in [0.15, 0.2) is 64.5 Å². The minimum Gasteiger partial charge on any atom is -0.405 e. The van der Waals surface area contributed by atoms with Crippen molar-refractivity contribution in [3.63, 3.8) is 0 Å². The molecule has 1 aliphatic rings. The molecule has 114 valence electrons. The predicted octanol–water partition coefficient (Wildman–Crippen LogP) is 4.78. The Bertz CT molecular complexity index is 726. The lowest BCUT2D eigenvalue weighted by Crippen LogP contribution is -2.24. The van der Waals surface area contributed by atoms with E-state index in [-0.39, 0.29) is 12.2 Å². The van der Waals surface area contributed by atoms with Gasteiger partial charge < -0.3 is 10.6 Å². The van der Waals surface area contributed by atoms with Crippen molar-refractivity contribution in [3.8, 4) is 0 Å². The minimum atomic E-state index is -4.40. The van der Waals surface area contributed by atoms with Crippen LogP contribution in [0.4, 0.5) is 24.5 Å². The van der Waals surface area contributed by atoms with Gasteiger partial charge in [0, 0.05) is 16.3 Å². The summed E-state index contributed by atoms with van der Waals surface area (Å²) in [6, 6.07) is 11.7. The Morgan fingerprint density at radius 1 is 1.05 bits per heavy atom. The first-order chi connectivity index (χ1) is 10.5. The molecule has 2 N–H and O–H groups in total. The van der Waals surface area contributed by atoms with Gasteiger partial charge in [-0.15, -0.1) is 0 Å². The van der Waals surface area contributed by atoms with Gasteiger partial charge in [0.05, 0.1) is 16.9 Å². The Balaban J connectivity index is 2.21. The van der Waals surface area contributed by atoms with Gasteiger partial charge in [0.2, 0.25) is 0 Å². The molecule has 0 bridgehead atoms. The Labute approximate surface area is 130 Å². The Hall–Kier alpha value is -2.08. The summed E-state index contributed by atoms with van der Waals surface area (Å²) in [4.78, 5) is 3.19. The molecule has 2 nitrogen and oxygen atoms in total. The summed E-state index contributed by atoms with van der Waals surface area (Å²) in [6.45, 7) is 0.286. The highest BCUT2D eigenvalue weighted by Gasteiger charge is 2.38. The number of anilines is 2. The fourth-order valence-electron chi connectivity index (χ4n) is 2.47. The monoisotopic (exact) mass is 322 g/mol. The van der Waals surface area contributed by atoms with Crippen LogP contribution < -0.4 is 10.6 Å². The quantitative estimate of drug-likeness (QED) is 0.863. The molecule has 0 aliphatic carbocycles. The number of alkyl halides is 3. The minimum absolute atomic E-state index is 0.191. The standard InChI is InChI=1S/C16H13F3N2S/c17-16(18,19)11-5-3-8-14-15(11)21(10-4-9-20)12-6-1-2-7-13(12)22-14/h1-9H,10,20H2. The van der Waals surface area contributed by atoms with E-state index in [0.717, 1.165) is 16.6 Å². The molecular weight excluding hydrogens is 309 g/mol. The van der Waals surface area contributed by atoms with Gasteiger partial charge in [-0.3, -0.25) is 0 Å². The molecule has 0 fully saturated rings. The van der Waals surface area contributed by atoms with Crippen molar-refractivity contribution in [2.24, 2.45) is 5.73 Å². The number of hydrogen-bond acceptors (Lipinski definition) is 3. The van der Waals surface area contributed by atoms with Crippen LogP contribution in [-0.4, -0.2) is 6.54 Å². The molecule has 2 aromatic rings. The molecule has 0 saturated heterocycles. The van der Waals surface area contributed by atoms with Gasteiger partial charge in [0.15, 0.2) is 0 Å². The fraction of sp³-hybridized carbons (Fsp3) is 0.125. The van der Waals surface area contributed by atoms with Crippen LogP contribution in [0, 0.1) is 0 Å². The van der Waals surface area contributed by atoms with E-state index in [1.165, 1.54) is 24.0 Å². The maximum Gasteiger partial charge on any atom is 0.418 e. The van der Waals surface area contributed by atoms with E-state index >= 15 is 0 Å². The fourth-order valence-corrected chi connectivity index (χ4v) is 3.60. The zero-order valence-electron chi connectivity index (χ0n) is 11.5. The average Bonchev–Trinajstić information content (AvgIpc) is 2.50. The summed E-state index contributed by atoms with van der Waals surface area (Å²) in [5, 5.41) is 0. The van der Waals surface area contributed by atoms with Crippen molar-refractivity contribution >= 4 is 23.1 Å². The van der Waals surface area contributed by atoms with Crippen LogP contribution in [0.5, 0.6) is 0 Å². The molecule has 1 aliphatic heterocycles. The average molecular weight is 322 g/mol. The van der Waals surface area contributed by atoms with E-state index in [4.69, 9.17) is 5.73 Å². The molecule has 0 amide bonds. The van der Waals surface area contributed by atoms with Crippen molar-refractivity contribution < 1.29 is 13.2 Å². The van der Waals surface area contributed by atoms with Crippen molar-refractivity contribution in [3.05, 3.63) is 60.3 Å². The summed E-state index contributed by atoms with van der Waals surface area (Å²) >= 11 is 1.35. The molecule has 3 rings (SSSR count). The topological polar surface area (TPSA) is 29.3 Å². The van der Waals surface area contributed by atoms with Crippen LogP contribution in [0.25, 0.3) is 0 Å². The number of rotatable bonds is 2. The highest BCUT2D eigenvalue weighted by atomic mass is 32.2. The number of nitrogens with zero attached hydrogens (tertiary/aromatic N) is 1. The lowest BCUT2D eigenvalue weighted by Gasteiger charge is -2.34. The lowest BCUT2D eigenvalue weighted by molar-refractivity contribution is -0.137. The van der Waals surface area contributed by atoms with Crippen molar-refractivity contribution in [2.45, 2.75) is 16.0 Å². The first-order valence-electron chi connectivity index (χ1n) is 6.63. The maximum absolute atomic E-state index is 13.4. The SMILES string of the molecule is NC=CCN1c2ccccc2Sc2cccc(C(F)(F)F)c21. The third kappa shape index (κ3) is 2.54. The first kappa shape index (κ1) is 14.8. The van der Waals surface area contributed by atoms with Gasteiger partial charge in [0.25, 0.3) is 0 Å². The van der Waals surface area contributed by atoms with Gasteiger partial charge >= 0.3 is 6.18 Å². The van der Waals surface area contributed by atoms with E-state index in [1.807, 2.05) is 24.3 Å². The zero-order valence-corrected chi connectivity index (χ0v) is 12.3. The van der Waals surface area contributed by atoms with Crippen LogP contribution in [-0.2, 0) is 6.18 Å². The van der Waals surface area contributed by atoms with Crippen LogP contribution in [0.1, 0.15) is 5.56 Å². The molecule has 0 aromatic heterocycles. The van der Waals surface area contributed by atoms with Gasteiger partial charge in [0.1, 0.15) is 0 Å². The van der Waals surface area contributed by atoms with E-state index in [0.29, 0.717) is 4.90 Å². The summed E-state index contributed by atoms with van der Waals surface area (Å²) in [6.07, 6.45) is -1.41. The number of para-hydroxylation sites is 2. The third-order valence-electron chi connectivity index (χ3n) is 3.37. The molecule has 1 heterocycles. The maximum atomic E-state index is 13.4. The third-order valence-corrected chi connectivity index (χ3v) is 4.49. The molecule has 0 unspecified atom stereocenters. The molecular formula is C16H13F3N2S. The molecule has 6 heteroatoms. The first-order valence-corrected chi connectivity index (χ1v) is 7.45. The number of benzene rings is 2. The Morgan fingerprint density at radius 3 is 2.50 bits per heavy atom. The lowest BCUT2D eigenvalue weighted by atomic mass is 10.1. The molecule has 0 saturated carbocycles. The molecule has 22 heavy (non-hydrogen) atoms. The van der Waals surface area contributed by atoms with Gasteiger partial charge in [-0.1, -0.05) is 30.0 Å². The number of halogens is 3. The van der Waals surface area contributed by atoms with Crippen LogP contribution in [0.2, 0.25) is 0 Å². The van der Waals surface area contributed by atoms with Crippen molar-refractivity contribution in [2.75, 3.05) is 11.4 Å². The van der Waals surface area contributed by atoms with E-state index < -0.39 is 11.7 Å². The smallest absolute Gasteiger partial charge is 0.405 e. The van der Waals surface area contributed by atoms with Crippen molar-refractivity contribution in [1.82, 2.24) is 0 Å². The number of hydrogen-bond donors (Lipinski definition) is 1.